The van der Waals surface area contributed by atoms with Crippen LogP contribution in [0, 0.1) is 11.3 Å². The van der Waals surface area contributed by atoms with Crippen LogP contribution in [0.15, 0.2) is 48.5 Å². The van der Waals surface area contributed by atoms with Gasteiger partial charge in [-0.1, -0.05) is 26.0 Å². The van der Waals surface area contributed by atoms with E-state index in [-0.39, 0.29) is 24.2 Å². The number of rotatable bonds is 6. The maximum absolute atomic E-state index is 12.1. The highest BCUT2D eigenvalue weighted by molar-refractivity contribution is 5.89. The van der Waals surface area contributed by atoms with Gasteiger partial charge in [-0.05, 0) is 47.4 Å². The number of nitrogens with one attached hydrogen (secondary N) is 3. The molecular weight excluding hydrogens is 364 g/mol. The van der Waals surface area contributed by atoms with E-state index in [2.05, 4.69) is 59.0 Å². The lowest BCUT2D eigenvalue weighted by Gasteiger charge is -2.47. The average molecular weight is 393 g/mol. The van der Waals surface area contributed by atoms with Crippen molar-refractivity contribution in [3.8, 4) is 0 Å². The number of benzene rings is 2. The summed E-state index contributed by atoms with van der Waals surface area (Å²) < 4.78 is 0. The molecule has 0 bridgehead atoms. The Labute approximate surface area is 171 Å². The molecular formula is C23H28N4O2. The van der Waals surface area contributed by atoms with Gasteiger partial charge in [0, 0.05) is 49.7 Å². The monoisotopic (exact) mass is 392 g/mol. The Hall–Kier alpha value is -3.02. The molecule has 0 radical (unpaired) electrons. The highest BCUT2D eigenvalue weighted by atomic mass is 16.2. The molecule has 6 heteroatoms. The molecule has 2 heterocycles. The van der Waals surface area contributed by atoms with Crippen LogP contribution in [0.3, 0.4) is 0 Å². The summed E-state index contributed by atoms with van der Waals surface area (Å²) in [6, 6.07) is 16.5. The van der Waals surface area contributed by atoms with Crippen molar-refractivity contribution >= 4 is 28.9 Å². The first kappa shape index (κ1) is 19.3. The van der Waals surface area contributed by atoms with Gasteiger partial charge in [0.05, 0.1) is 5.92 Å². The van der Waals surface area contributed by atoms with Crippen molar-refractivity contribution in [3.63, 3.8) is 0 Å². The quantitative estimate of drug-likeness (QED) is 0.707. The number of nitrogens with zero attached hydrogens (tertiary/aromatic N) is 1. The molecule has 6 nitrogen and oxygen atoms in total. The summed E-state index contributed by atoms with van der Waals surface area (Å²) >= 11 is 0. The second kappa shape index (κ2) is 7.78. The lowest BCUT2D eigenvalue weighted by atomic mass is 9.84. The fourth-order valence-electron chi connectivity index (χ4n) is 3.92. The first-order chi connectivity index (χ1) is 13.9. The van der Waals surface area contributed by atoms with E-state index >= 15 is 0 Å². The molecule has 2 fully saturated rings. The second-order valence-electron chi connectivity index (χ2n) is 8.81. The Bertz CT molecular complexity index is 882. The van der Waals surface area contributed by atoms with E-state index in [1.165, 1.54) is 5.69 Å². The maximum Gasteiger partial charge on any atom is 0.225 e. The Morgan fingerprint density at radius 3 is 2.24 bits per heavy atom. The number of anilines is 3. The predicted molar refractivity (Wildman–Crippen MR) is 115 cm³/mol. The first-order valence-electron chi connectivity index (χ1n) is 10.1. The molecule has 2 amide bonds. The average Bonchev–Trinajstić information content (AvgIpc) is 3.12. The minimum Gasteiger partial charge on any atom is -0.370 e. The van der Waals surface area contributed by atoms with Crippen LogP contribution in [0.4, 0.5) is 17.1 Å². The van der Waals surface area contributed by atoms with Gasteiger partial charge in [0.1, 0.15) is 0 Å². The molecule has 0 aliphatic carbocycles. The Kier molecular flexibility index (Phi) is 5.18. The van der Waals surface area contributed by atoms with Crippen molar-refractivity contribution in [3.05, 3.63) is 54.1 Å². The summed E-state index contributed by atoms with van der Waals surface area (Å²) in [6.07, 6.45) is 0.281. The largest absolute Gasteiger partial charge is 0.370 e. The highest BCUT2D eigenvalue weighted by Crippen LogP contribution is 2.34. The summed E-state index contributed by atoms with van der Waals surface area (Å²) in [5.41, 5.74) is 4.76. The summed E-state index contributed by atoms with van der Waals surface area (Å²) in [5.74, 6) is -0.382. The van der Waals surface area contributed by atoms with Gasteiger partial charge < -0.3 is 20.9 Å². The van der Waals surface area contributed by atoms with Crippen LogP contribution in [-0.4, -0.2) is 31.4 Å². The molecule has 4 rings (SSSR count). The molecule has 3 N–H and O–H groups in total. The molecule has 2 saturated heterocycles. The van der Waals surface area contributed by atoms with Crippen molar-refractivity contribution in [1.29, 1.82) is 0 Å². The van der Waals surface area contributed by atoms with Crippen molar-refractivity contribution in [2.75, 3.05) is 29.9 Å². The van der Waals surface area contributed by atoms with Gasteiger partial charge in [0.2, 0.25) is 11.8 Å². The third-order valence-electron chi connectivity index (χ3n) is 5.53. The van der Waals surface area contributed by atoms with Gasteiger partial charge in [-0.2, -0.15) is 0 Å². The zero-order valence-electron chi connectivity index (χ0n) is 17.0. The Balaban J connectivity index is 1.27. The molecule has 1 atom stereocenters. The Morgan fingerprint density at radius 2 is 1.69 bits per heavy atom. The standard InChI is InChI=1S/C23H28N4O2/c1-23(2)14-27(15-23)20-9-7-19(8-10-20)26-18-5-3-16(4-6-18)12-25-22(29)17-11-21(28)24-13-17/h3-10,17,26H,11-15H2,1-2H3,(H,24,28)(H,25,29). The van der Waals surface area contributed by atoms with Crippen LogP contribution in [0.1, 0.15) is 25.8 Å². The zero-order valence-corrected chi connectivity index (χ0v) is 17.0. The van der Waals surface area contributed by atoms with Crippen LogP contribution < -0.4 is 20.9 Å². The van der Waals surface area contributed by atoms with Gasteiger partial charge in [0.15, 0.2) is 0 Å². The van der Waals surface area contributed by atoms with Crippen molar-refractivity contribution < 1.29 is 9.59 Å². The molecule has 2 aromatic carbocycles. The minimum absolute atomic E-state index is 0.0534. The lowest BCUT2D eigenvalue weighted by Crippen LogP contribution is -2.53. The third-order valence-corrected chi connectivity index (χ3v) is 5.53. The van der Waals surface area contributed by atoms with E-state index in [1.54, 1.807) is 0 Å². The number of carbonyl (C=O) groups excluding carboxylic acids is 2. The van der Waals surface area contributed by atoms with Crippen LogP contribution in [0.25, 0.3) is 0 Å². The smallest absolute Gasteiger partial charge is 0.225 e. The summed E-state index contributed by atoms with van der Waals surface area (Å²) in [4.78, 5) is 25.7. The topological polar surface area (TPSA) is 73.5 Å². The number of carbonyl (C=O) groups is 2. The molecule has 0 saturated carbocycles. The van der Waals surface area contributed by atoms with E-state index < -0.39 is 0 Å². The molecule has 2 aromatic rings. The summed E-state index contributed by atoms with van der Waals surface area (Å²) in [5, 5.41) is 9.01. The molecule has 2 aliphatic rings. The van der Waals surface area contributed by atoms with E-state index in [9.17, 15) is 9.59 Å². The van der Waals surface area contributed by atoms with Crippen LogP contribution in [0.2, 0.25) is 0 Å². The van der Waals surface area contributed by atoms with E-state index in [4.69, 9.17) is 0 Å². The molecule has 1 unspecified atom stereocenters. The van der Waals surface area contributed by atoms with Gasteiger partial charge in [-0.25, -0.2) is 0 Å². The fraction of sp³-hybridized carbons (Fsp3) is 0.391. The summed E-state index contributed by atoms with van der Waals surface area (Å²) in [6.45, 7) is 7.69. The van der Waals surface area contributed by atoms with Gasteiger partial charge in [-0.15, -0.1) is 0 Å². The van der Waals surface area contributed by atoms with Crippen molar-refractivity contribution in [2.45, 2.75) is 26.8 Å². The predicted octanol–water partition coefficient (Wildman–Crippen LogP) is 3.03. The molecule has 29 heavy (non-hydrogen) atoms. The Morgan fingerprint density at radius 1 is 1.07 bits per heavy atom. The first-order valence-corrected chi connectivity index (χ1v) is 10.1. The molecule has 0 spiro atoms. The second-order valence-corrected chi connectivity index (χ2v) is 8.81. The molecule has 0 aromatic heterocycles. The van der Waals surface area contributed by atoms with Crippen LogP contribution in [-0.2, 0) is 16.1 Å². The number of hydrogen-bond acceptors (Lipinski definition) is 4. The van der Waals surface area contributed by atoms with E-state index in [0.717, 1.165) is 30.0 Å². The highest BCUT2D eigenvalue weighted by Gasteiger charge is 2.34. The fourth-order valence-corrected chi connectivity index (χ4v) is 3.92. The maximum atomic E-state index is 12.1. The van der Waals surface area contributed by atoms with Crippen molar-refractivity contribution in [1.82, 2.24) is 10.6 Å². The summed E-state index contributed by atoms with van der Waals surface area (Å²) in [7, 11) is 0. The van der Waals surface area contributed by atoms with E-state index in [1.807, 2.05) is 24.3 Å². The molecule has 2 aliphatic heterocycles. The van der Waals surface area contributed by atoms with Crippen LogP contribution in [0.5, 0.6) is 0 Å². The number of amides is 2. The number of hydrogen-bond donors (Lipinski definition) is 3. The van der Waals surface area contributed by atoms with Gasteiger partial charge in [-0.3, -0.25) is 9.59 Å². The molecule has 152 valence electrons. The van der Waals surface area contributed by atoms with E-state index in [0.29, 0.717) is 18.5 Å². The lowest BCUT2D eigenvalue weighted by molar-refractivity contribution is -0.126. The normalized spacial score (nSPS) is 20.0. The van der Waals surface area contributed by atoms with Gasteiger partial charge >= 0.3 is 0 Å². The van der Waals surface area contributed by atoms with Crippen LogP contribution >= 0.6 is 0 Å². The zero-order chi connectivity index (χ0) is 20.4. The van der Waals surface area contributed by atoms with Crippen molar-refractivity contribution in [2.24, 2.45) is 11.3 Å². The third kappa shape index (κ3) is 4.70. The SMILES string of the molecule is CC1(C)CN(c2ccc(Nc3ccc(CNC(=O)C4CNC(=O)C4)cc3)cc2)C1. The minimum atomic E-state index is -0.256. The van der Waals surface area contributed by atoms with Gasteiger partial charge in [0.25, 0.3) is 0 Å².